The highest BCUT2D eigenvalue weighted by Gasteiger charge is 2.29. The average Bonchev–Trinajstić information content (AvgIpc) is 3.04. The van der Waals surface area contributed by atoms with Crippen LogP contribution in [0.1, 0.15) is 51.4 Å². The van der Waals surface area contributed by atoms with Gasteiger partial charge in [-0.05, 0) is 49.8 Å². The molecule has 3 rings (SSSR count). The Morgan fingerprint density at radius 3 is 2.46 bits per heavy atom. The monoisotopic (exact) mass is 403 g/mol. The molecular formula is C21H25NO5S. The summed E-state index contributed by atoms with van der Waals surface area (Å²) in [5, 5.41) is 3.45. The van der Waals surface area contributed by atoms with Crippen molar-refractivity contribution in [2.24, 2.45) is 5.92 Å². The number of benzene rings is 1. The third-order valence-electron chi connectivity index (χ3n) is 4.83. The molecule has 1 aliphatic rings. The second kappa shape index (κ2) is 8.65. The zero-order valence-electron chi connectivity index (χ0n) is 16.6. The molecule has 1 atom stereocenters. The molecule has 1 heterocycles. The summed E-state index contributed by atoms with van der Waals surface area (Å²) in [6, 6.07) is 4.97. The first-order valence-electron chi connectivity index (χ1n) is 9.32. The fourth-order valence-corrected chi connectivity index (χ4v) is 4.77. The molecule has 0 bridgehead atoms. The number of amides is 1. The van der Waals surface area contributed by atoms with Gasteiger partial charge in [0.1, 0.15) is 16.5 Å². The molecule has 0 aliphatic heterocycles. The molecule has 150 valence electrons. The topological polar surface area (TPSA) is 73.9 Å². The predicted molar refractivity (Wildman–Crippen MR) is 109 cm³/mol. The fourth-order valence-electron chi connectivity index (χ4n) is 3.37. The van der Waals surface area contributed by atoms with E-state index in [2.05, 4.69) is 12.2 Å². The van der Waals surface area contributed by atoms with Crippen LogP contribution in [0.15, 0.2) is 18.2 Å². The van der Waals surface area contributed by atoms with Crippen LogP contribution < -0.4 is 14.8 Å². The molecule has 1 amide bonds. The van der Waals surface area contributed by atoms with Crippen molar-refractivity contribution in [3.05, 3.63) is 39.8 Å². The maximum absolute atomic E-state index is 12.9. The summed E-state index contributed by atoms with van der Waals surface area (Å²) in [7, 11) is 3.06. The average molecular weight is 404 g/mol. The van der Waals surface area contributed by atoms with Gasteiger partial charge in [-0.25, -0.2) is 4.79 Å². The molecule has 1 N–H and O–H groups in total. The predicted octanol–water partition coefficient (Wildman–Crippen LogP) is 4.32. The van der Waals surface area contributed by atoms with E-state index in [1.54, 1.807) is 25.1 Å². The number of methoxy groups -OCH3 is 2. The quantitative estimate of drug-likeness (QED) is 0.727. The highest BCUT2D eigenvalue weighted by atomic mass is 32.1. The van der Waals surface area contributed by atoms with Crippen LogP contribution in [-0.2, 0) is 17.6 Å². The second-order valence-corrected chi connectivity index (χ2v) is 7.94. The first-order valence-corrected chi connectivity index (χ1v) is 10.1. The number of thiophene rings is 1. The van der Waals surface area contributed by atoms with E-state index in [1.165, 1.54) is 25.6 Å². The van der Waals surface area contributed by atoms with Crippen LogP contribution in [0, 0.1) is 5.92 Å². The van der Waals surface area contributed by atoms with E-state index < -0.39 is 0 Å². The van der Waals surface area contributed by atoms with Gasteiger partial charge in [0.2, 0.25) is 0 Å². The Hall–Kier alpha value is -2.54. The highest BCUT2D eigenvalue weighted by molar-refractivity contribution is 7.17. The first kappa shape index (κ1) is 20.2. The van der Waals surface area contributed by atoms with Gasteiger partial charge in [0.25, 0.3) is 5.91 Å². The summed E-state index contributed by atoms with van der Waals surface area (Å²) in [5.74, 6) is 0.902. The van der Waals surface area contributed by atoms with E-state index in [0.29, 0.717) is 40.2 Å². The zero-order valence-corrected chi connectivity index (χ0v) is 17.4. The molecule has 0 saturated carbocycles. The lowest BCUT2D eigenvalue weighted by atomic mass is 9.88. The van der Waals surface area contributed by atoms with E-state index in [9.17, 15) is 9.59 Å². The molecule has 1 aromatic carbocycles. The van der Waals surface area contributed by atoms with Gasteiger partial charge in [0, 0.05) is 16.5 Å². The van der Waals surface area contributed by atoms with Gasteiger partial charge < -0.3 is 19.5 Å². The minimum Gasteiger partial charge on any atom is -0.497 e. The number of nitrogens with one attached hydrogen (secondary N) is 1. The largest absolute Gasteiger partial charge is 0.497 e. The number of carbonyl (C=O) groups is 2. The Morgan fingerprint density at radius 2 is 1.86 bits per heavy atom. The number of ether oxygens (including phenoxy) is 3. The van der Waals surface area contributed by atoms with E-state index in [1.807, 2.05) is 0 Å². The van der Waals surface area contributed by atoms with Crippen LogP contribution in [0.25, 0.3) is 0 Å². The summed E-state index contributed by atoms with van der Waals surface area (Å²) in [5.41, 5.74) is 1.91. The highest BCUT2D eigenvalue weighted by Crippen LogP contribution is 2.40. The van der Waals surface area contributed by atoms with Crippen LogP contribution in [0.5, 0.6) is 11.5 Å². The van der Waals surface area contributed by atoms with Crippen molar-refractivity contribution in [3.63, 3.8) is 0 Å². The standard InChI is InChI=1S/C21H25NO5S/c1-5-27-21(24)18-16-7-6-12(2)8-17(16)28-20(18)22-19(23)13-9-14(25-3)11-15(10-13)26-4/h9-12H,5-8H2,1-4H3,(H,22,23)/t12-/m0/s1. The molecular weight excluding hydrogens is 378 g/mol. The number of fused-ring (bicyclic) bond motifs is 1. The fraction of sp³-hybridized carbons (Fsp3) is 0.429. The molecule has 1 aliphatic carbocycles. The van der Waals surface area contributed by atoms with Crippen LogP contribution in [0.2, 0.25) is 0 Å². The van der Waals surface area contributed by atoms with Gasteiger partial charge in [0.15, 0.2) is 0 Å². The maximum atomic E-state index is 12.9. The van der Waals surface area contributed by atoms with Crippen molar-refractivity contribution in [1.29, 1.82) is 0 Å². The Labute approximate surface area is 168 Å². The number of carbonyl (C=O) groups excluding carboxylic acids is 2. The number of hydrogen-bond acceptors (Lipinski definition) is 6. The van der Waals surface area contributed by atoms with Gasteiger partial charge in [-0.2, -0.15) is 0 Å². The number of esters is 1. The Bertz CT molecular complexity index is 867. The Morgan fingerprint density at radius 1 is 1.18 bits per heavy atom. The summed E-state index contributed by atoms with van der Waals surface area (Å²) in [4.78, 5) is 26.6. The Kier molecular flexibility index (Phi) is 6.24. The lowest BCUT2D eigenvalue weighted by molar-refractivity contribution is 0.0526. The summed E-state index contributed by atoms with van der Waals surface area (Å²) in [6.45, 7) is 4.27. The molecule has 0 spiro atoms. The SMILES string of the molecule is CCOC(=O)c1c(NC(=O)c2cc(OC)cc(OC)c2)sc2c1CC[C@H](C)C2. The summed E-state index contributed by atoms with van der Waals surface area (Å²) >= 11 is 1.47. The number of rotatable bonds is 6. The molecule has 0 saturated heterocycles. The molecule has 0 unspecified atom stereocenters. The third kappa shape index (κ3) is 4.14. The third-order valence-corrected chi connectivity index (χ3v) is 6.00. The normalized spacial score (nSPS) is 15.5. The van der Waals surface area contributed by atoms with Crippen LogP contribution in [0.3, 0.4) is 0 Å². The van der Waals surface area contributed by atoms with Gasteiger partial charge >= 0.3 is 5.97 Å². The van der Waals surface area contributed by atoms with Gasteiger partial charge in [-0.3, -0.25) is 4.79 Å². The number of anilines is 1. The van der Waals surface area contributed by atoms with Gasteiger partial charge in [0.05, 0.1) is 26.4 Å². The second-order valence-electron chi connectivity index (χ2n) is 6.83. The Balaban J connectivity index is 1.95. The molecule has 2 aromatic rings. The van der Waals surface area contributed by atoms with Crippen LogP contribution >= 0.6 is 11.3 Å². The minimum atomic E-state index is -0.381. The van der Waals surface area contributed by atoms with Crippen molar-refractivity contribution in [3.8, 4) is 11.5 Å². The van der Waals surface area contributed by atoms with E-state index in [4.69, 9.17) is 14.2 Å². The lowest BCUT2D eigenvalue weighted by Crippen LogP contribution is -2.16. The van der Waals surface area contributed by atoms with E-state index in [-0.39, 0.29) is 11.9 Å². The minimum absolute atomic E-state index is 0.292. The smallest absolute Gasteiger partial charge is 0.341 e. The van der Waals surface area contributed by atoms with Crippen molar-refractivity contribution >= 4 is 28.2 Å². The molecule has 6 nitrogen and oxygen atoms in total. The maximum Gasteiger partial charge on any atom is 0.341 e. The number of hydrogen-bond donors (Lipinski definition) is 1. The zero-order chi connectivity index (χ0) is 20.3. The van der Waals surface area contributed by atoms with Crippen LogP contribution in [-0.4, -0.2) is 32.7 Å². The van der Waals surface area contributed by atoms with Crippen LogP contribution in [0.4, 0.5) is 5.00 Å². The molecule has 1 aromatic heterocycles. The van der Waals surface area contributed by atoms with Crippen molar-refractivity contribution in [2.45, 2.75) is 33.1 Å². The molecule has 28 heavy (non-hydrogen) atoms. The summed E-state index contributed by atoms with van der Waals surface area (Å²) in [6.07, 6.45) is 2.76. The van der Waals surface area contributed by atoms with Gasteiger partial charge in [-0.15, -0.1) is 11.3 Å². The molecule has 7 heteroatoms. The van der Waals surface area contributed by atoms with Crippen molar-refractivity contribution in [2.75, 3.05) is 26.1 Å². The van der Waals surface area contributed by atoms with Crippen molar-refractivity contribution in [1.82, 2.24) is 0 Å². The lowest BCUT2D eigenvalue weighted by Gasteiger charge is -2.18. The van der Waals surface area contributed by atoms with E-state index >= 15 is 0 Å². The molecule has 0 fully saturated rings. The summed E-state index contributed by atoms with van der Waals surface area (Å²) < 4.78 is 15.7. The van der Waals surface area contributed by atoms with Crippen molar-refractivity contribution < 1.29 is 23.8 Å². The van der Waals surface area contributed by atoms with Gasteiger partial charge in [-0.1, -0.05) is 6.92 Å². The van der Waals surface area contributed by atoms with E-state index in [0.717, 1.165) is 29.7 Å². The first-order chi connectivity index (χ1) is 13.5. The molecule has 0 radical (unpaired) electrons.